The summed E-state index contributed by atoms with van der Waals surface area (Å²) in [5.74, 6) is -0.131. The number of fused-ring (bicyclic) bond motifs is 1. The second kappa shape index (κ2) is 8.18. The van der Waals surface area contributed by atoms with Crippen molar-refractivity contribution in [3.05, 3.63) is 94.0 Å². The van der Waals surface area contributed by atoms with Crippen molar-refractivity contribution in [3.63, 3.8) is 0 Å². The molecule has 1 aromatic heterocycles. The lowest BCUT2D eigenvalue weighted by atomic mass is 10.0. The smallest absolute Gasteiger partial charge is 0.256 e. The molecule has 4 rings (SSSR count). The van der Waals surface area contributed by atoms with Gasteiger partial charge in [0.2, 0.25) is 0 Å². The SMILES string of the molecule is CCc1ccc2nc(-c3ccccc3)cc(C(=O)Nc3ccc(Br)cc3C)c2c1. The summed E-state index contributed by atoms with van der Waals surface area (Å²) in [4.78, 5) is 18.1. The van der Waals surface area contributed by atoms with Crippen molar-refractivity contribution in [3.8, 4) is 11.3 Å². The van der Waals surface area contributed by atoms with Gasteiger partial charge in [-0.1, -0.05) is 59.3 Å². The number of pyridine rings is 1. The summed E-state index contributed by atoms with van der Waals surface area (Å²) in [7, 11) is 0. The molecular formula is C25H21BrN2O. The van der Waals surface area contributed by atoms with Crippen molar-refractivity contribution < 1.29 is 4.79 Å². The Morgan fingerprint density at radius 1 is 1.00 bits per heavy atom. The number of nitrogens with one attached hydrogen (secondary N) is 1. The van der Waals surface area contributed by atoms with Crippen LogP contribution < -0.4 is 5.32 Å². The van der Waals surface area contributed by atoms with E-state index in [1.807, 2.05) is 67.6 Å². The Bertz CT molecular complexity index is 1200. The highest BCUT2D eigenvalue weighted by atomic mass is 79.9. The van der Waals surface area contributed by atoms with Crippen LogP contribution in [0.15, 0.2) is 77.3 Å². The van der Waals surface area contributed by atoms with Crippen LogP contribution in [-0.2, 0) is 6.42 Å². The summed E-state index contributed by atoms with van der Waals surface area (Å²) in [5.41, 5.74) is 6.22. The number of aromatic nitrogens is 1. The first-order valence-corrected chi connectivity index (χ1v) is 10.4. The van der Waals surface area contributed by atoms with E-state index in [2.05, 4.69) is 40.3 Å². The van der Waals surface area contributed by atoms with Crippen molar-refractivity contribution in [1.29, 1.82) is 0 Å². The van der Waals surface area contributed by atoms with E-state index in [4.69, 9.17) is 4.98 Å². The molecular weight excluding hydrogens is 424 g/mol. The third kappa shape index (κ3) is 4.08. The topological polar surface area (TPSA) is 42.0 Å². The number of amides is 1. The number of aryl methyl sites for hydroxylation is 2. The van der Waals surface area contributed by atoms with Gasteiger partial charge in [0.1, 0.15) is 0 Å². The summed E-state index contributed by atoms with van der Waals surface area (Å²) >= 11 is 3.47. The molecule has 4 heteroatoms. The molecule has 1 N–H and O–H groups in total. The fraction of sp³-hybridized carbons (Fsp3) is 0.120. The van der Waals surface area contributed by atoms with E-state index in [0.29, 0.717) is 5.56 Å². The van der Waals surface area contributed by atoms with Gasteiger partial charge in [0.05, 0.1) is 16.8 Å². The summed E-state index contributed by atoms with van der Waals surface area (Å²) < 4.78 is 0.987. The van der Waals surface area contributed by atoms with Gasteiger partial charge in [0.25, 0.3) is 5.91 Å². The molecule has 1 amide bonds. The van der Waals surface area contributed by atoms with Gasteiger partial charge < -0.3 is 5.32 Å². The molecule has 0 aliphatic rings. The highest BCUT2D eigenvalue weighted by molar-refractivity contribution is 9.10. The first kappa shape index (κ1) is 19.3. The van der Waals surface area contributed by atoms with Gasteiger partial charge in [-0.2, -0.15) is 0 Å². The number of hydrogen-bond acceptors (Lipinski definition) is 2. The first-order chi connectivity index (χ1) is 14.0. The van der Waals surface area contributed by atoms with E-state index >= 15 is 0 Å². The number of rotatable bonds is 4. The Morgan fingerprint density at radius 3 is 2.52 bits per heavy atom. The lowest BCUT2D eigenvalue weighted by Gasteiger charge is -2.13. The van der Waals surface area contributed by atoms with Gasteiger partial charge >= 0.3 is 0 Å². The maximum Gasteiger partial charge on any atom is 0.256 e. The molecule has 0 spiro atoms. The molecule has 0 aliphatic heterocycles. The summed E-state index contributed by atoms with van der Waals surface area (Å²) in [6, 6.07) is 23.8. The van der Waals surface area contributed by atoms with E-state index in [9.17, 15) is 4.79 Å². The van der Waals surface area contributed by atoms with E-state index in [-0.39, 0.29) is 5.91 Å². The maximum absolute atomic E-state index is 13.3. The predicted molar refractivity (Wildman–Crippen MR) is 123 cm³/mol. The van der Waals surface area contributed by atoms with E-state index in [1.54, 1.807) is 0 Å². The Balaban J connectivity index is 1.84. The molecule has 29 heavy (non-hydrogen) atoms. The highest BCUT2D eigenvalue weighted by Gasteiger charge is 2.15. The van der Waals surface area contributed by atoms with Crippen LogP contribution in [0.25, 0.3) is 22.2 Å². The molecule has 4 aromatic rings. The fourth-order valence-electron chi connectivity index (χ4n) is 3.39. The van der Waals surface area contributed by atoms with E-state index in [1.165, 1.54) is 5.56 Å². The third-order valence-electron chi connectivity index (χ3n) is 5.03. The molecule has 3 aromatic carbocycles. The number of halogens is 1. The van der Waals surface area contributed by atoms with Crippen LogP contribution in [0.4, 0.5) is 5.69 Å². The average molecular weight is 445 g/mol. The minimum absolute atomic E-state index is 0.131. The molecule has 0 saturated carbocycles. The third-order valence-corrected chi connectivity index (χ3v) is 5.53. The normalized spacial score (nSPS) is 10.9. The molecule has 0 atom stereocenters. The number of carbonyl (C=O) groups excluding carboxylic acids is 1. The van der Waals surface area contributed by atoms with Crippen LogP contribution in [0.2, 0.25) is 0 Å². The van der Waals surface area contributed by atoms with Crippen molar-refractivity contribution in [2.75, 3.05) is 5.32 Å². The van der Waals surface area contributed by atoms with Gasteiger partial charge in [0.15, 0.2) is 0 Å². The standard InChI is InChI=1S/C25H21BrN2O/c1-3-17-9-11-23-20(14-17)21(15-24(27-23)18-7-5-4-6-8-18)25(29)28-22-12-10-19(26)13-16(22)2/h4-15H,3H2,1-2H3,(H,28,29). The Morgan fingerprint density at radius 2 is 1.79 bits per heavy atom. The molecule has 1 heterocycles. The fourth-order valence-corrected chi connectivity index (χ4v) is 3.87. The Labute approximate surface area is 178 Å². The zero-order chi connectivity index (χ0) is 20.4. The summed E-state index contributed by atoms with van der Waals surface area (Å²) in [6.45, 7) is 4.09. The minimum Gasteiger partial charge on any atom is -0.322 e. The van der Waals surface area contributed by atoms with Crippen LogP contribution in [0, 0.1) is 6.92 Å². The van der Waals surface area contributed by atoms with Crippen LogP contribution in [-0.4, -0.2) is 10.9 Å². The van der Waals surface area contributed by atoms with Gasteiger partial charge in [-0.05, 0) is 60.9 Å². The first-order valence-electron chi connectivity index (χ1n) is 9.62. The minimum atomic E-state index is -0.131. The van der Waals surface area contributed by atoms with Crippen molar-refractivity contribution >= 4 is 38.4 Å². The number of nitrogens with zero attached hydrogens (tertiary/aromatic N) is 1. The Kier molecular flexibility index (Phi) is 5.45. The number of hydrogen-bond donors (Lipinski definition) is 1. The quantitative estimate of drug-likeness (QED) is 0.376. The molecule has 144 valence electrons. The summed E-state index contributed by atoms with van der Waals surface area (Å²) in [6.07, 6.45) is 0.906. The van der Waals surface area contributed by atoms with Crippen LogP contribution in [0.3, 0.4) is 0 Å². The lowest BCUT2D eigenvalue weighted by molar-refractivity contribution is 0.102. The van der Waals surface area contributed by atoms with Crippen LogP contribution in [0.5, 0.6) is 0 Å². The number of anilines is 1. The van der Waals surface area contributed by atoms with Crippen molar-refractivity contribution in [1.82, 2.24) is 4.98 Å². The van der Waals surface area contributed by atoms with Gasteiger partial charge in [0, 0.05) is 21.1 Å². The molecule has 0 bridgehead atoms. The Hall–Kier alpha value is -2.98. The van der Waals surface area contributed by atoms with Crippen LogP contribution >= 0.6 is 15.9 Å². The van der Waals surface area contributed by atoms with Gasteiger partial charge in [-0.3, -0.25) is 4.79 Å². The largest absolute Gasteiger partial charge is 0.322 e. The van der Waals surface area contributed by atoms with Gasteiger partial charge in [-0.25, -0.2) is 4.98 Å². The van der Waals surface area contributed by atoms with Crippen molar-refractivity contribution in [2.45, 2.75) is 20.3 Å². The molecule has 0 fully saturated rings. The average Bonchev–Trinajstić information content (AvgIpc) is 2.75. The molecule has 0 saturated heterocycles. The summed E-state index contributed by atoms with van der Waals surface area (Å²) in [5, 5.41) is 3.95. The number of carbonyl (C=O) groups is 1. The molecule has 3 nitrogen and oxygen atoms in total. The molecule has 0 radical (unpaired) electrons. The van der Waals surface area contributed by atoms with E-state index < -0.39 is 0 Å². The zero-order valence-electron chi connectivity index (χ0n) is 16.4. The van der Waals surface area contributed by atoms with Crippen LogP contribution in [0.1, 0.15) is 28.4 Å². The van der Waals surface area contributed by atoms with Gasteiger partial charge in [-0.15, -0.1) is 0 Å². The molecule has 0 aliphatic carbocycles. The second-order valence-corrected chi connectivity index (χ2v) is 7.96. The lowest BCUT2D eigenvalue weighted by Crippen LogP contribution is -2.14. The van der Waals surface area contributed by atoms with Crippen molar-refractivity contribution in [2.24, 2.45) is 0 Å². The highest BCUT2D eigenvalue weighted by Crippen LogP contribution is 2.27. The monoisotopic (exact) mass is 444 g/mol. The van der Waals surface area contributed by atoms with E-state index in [0.717, 1.165) is 44.3 Å². The second-order valence-electron chi connectivity index (χ2n) is 7.04. The maximum atomic E-state index is 13.3. The molecule has 0 unspecified atom stereocenters. The predicted octanol–water partition coefficient (Wildman–Crippen LogP) is 6.79. The zero-order valence-corrected chi connectivity index (χ0v) is 18.0. The number of benzene rings is 3.